The van der Waals surface area contributed by atoms with Crippen LogP contribution in [0, 0.1) is 11.8 Å². The number of rotatable bonds is 3. The van der Waals surface area contributed by atoms with Crippen LogP contribution in [0.25, 0.3) is 0 Å². The molecule has 0 amide bonds. The lowest BCUT2D eigenvalue weighted by Gasteiger charge is -2.16. The highest BCUT2D eigenvalue weighted by Crippen LogP contribution is 2.26. The minimum absolute atomic E-state index is 0.727. The van der Waals surface area contributed by atoms with E-state index in [-0.39, 0.29) is 0 Å². The average molecular weight is 234 g/mol. The molecule has 2 unspecified atom stereocenters. The zero-order valence-corrected chi connectivity index (χ0v) is 10.9. The van der Waals surface area contributed by atoms with Gasteiger partial charge in [-0.15, -0.1) is 0 Å². The van der Waals surface area contributed by atoms with Gasteiger partial charge in [0.1, 0.15) is 5.75 Å². The molecule has 17 heavy (non-hydrogen) atoms. The number of hydrogen-bond donors (Lipinski definition) is 1. The largest absolute Gasteiger partial charge is 0.495 e. The first-order chi connectivity index (χ1) is 8.10. The highest BCUT2D eigenvalue weighted by Gasteiger charge is 2.25. The summed E-state index contributed by atoms with van der Waals surface area (Å²) in [5.74, 6) is 2.35. The minimum atomic E-state index is 0.727. The Morgan fingerprint density at radius 1 is 1.29 bits per heavy atom. The van der Waals surface area contributed by atoms with Crippen molar-refractivity contribution in [1.29, 1.82) is 0 Å². The topological polar surface area (TPSA) is 38.5 Å². The van der Waals surface area contributed by atoms with Crippen LogP contribution in [0.3, 0.4) is 0 Å². The third kappa shape index (κ3) is 2.72. The number of methoxy groups -OCH3 is 1. The molecule has 2 N–H and O–H groups in total. The molecule has 3 heteroatoms. The van der Waals surface area contributed by atoms with Gasteiger partial charge in [0.25, 0.3) is 0 Å². The van der Waals surface area contributed by atoms with E-state index in [1.54, 1.807) is 7.11 Å². The molecule has 0 bridgehead atoms. The average Bonchev–Trinajstić information content (AvgIpc) is 2.58. The first kappa shape index (κ1) is 12.2. The smallest absolute Gasteiger partial charge is 0.141 e. The van der Waals surface area contributed by atoms with Gasteiger partial charge in [0.15, 0.2) is 0 Å². The zero-order chi connectivity index (χ0) is 12.4. The zero-order valence-electron chi connectivity index (χ0n) is 10.9. The molecule has 1 aromatic rings. The molecule has 1 aliphatic heterocycles. The molecule has 1 fully saturated rings. The number of benzene rings is 1. The van der Waals surface area contributed by atoms with Gasteiger partial charge in [-0.05, 0) is 29.5 Å². The Kier molecular flexibility index (Phi) is 3.57. The molecule has 1 heterocycles. The van der Waals surface area contributed by atoms with E-state index < -0.39 is 0 Å². The second-order valence-corrected chi connectivity index (χ2v) is 5.22. The molecule has 1 saturated heterocycles. The van der Waals surface area contributed by atoms with E-state index in [0.29, 0.717) is 0 Å². The number of ether oxygens (including phenoxy) is 1. The maximum atomic E-state index is 5.92. The maximum absolute atomic E-state index is 5.92. The van der Waals surface area contributed by atoms with Gasteiger partial charge >= 0.3 is 0 Å². The lowest BCUT2D eigenvalue weighted by molar-refractivity contribution is 0.316. The predicted octanol–water partition coefficient (Wildman–Crippen LogP) is 2.37. The van der Waals surface area contributed by atoms with Crippen molar-refractivity contribution in [2.45, 2.75) is 20.4 Å². The van der Waals surface area contributed by atoms with Gasteiger partial charge in [-0.2, -0.15) is 0 Å². The van der Waals surface area contributed by atoms with Crippen LogP contribution in [-0.4, -0.2) is 25.1 Å². The summed E-state index contributed by atoms with van der Waals surface area (Å²) in [7, 11) is 1.65. The Morgan fingerprint density at radius 2 is 1.94 bits per heavy atom. The van der Waals surface area contributed by atoms with Crippen LogP contribution in [0.4, 0.5) is 5.69 Å². The van der Waals surface area contributed by atoms with Crippen molar-refractivity contribution in [1.82, 2.24) is 4.90 Å². The molecule has 0 radical (unpaired) electrons. The van der Waals surface area contributed by atoms with Crippen molar-refractivity contribution in [2.75, 3.05) is 25.9 Å². The van der Waals surface area contributed by atoms with Crippen molar-refractivity contribution < 1.29 is 4.74 Å². The van der Waals surface area contributed by atoms with E-state index in [1.807, 2.05) is 12.1 Å². The molecule has 2 rings (SSSR count). The van der Waals surface area contributed by atoms with Gasteiger partial charge in [-0.25, -0.2) is 0 Å². The Balaban J connectivity index is 2.02. The first-order valence-corrected chi connectivity index (χ1v) is 6.25. The highest BCUT2D eigenvalue weighted by atomic mass is 16.5. The number of hydrogen-bond acceptors (Lipinski definition) is 3. The number of nitrogen functional groups attached to an aromatic ring is 1. The Morgan fingerprint density at radius 3 is 2.47 bits per heavy atom. The standard InChI is InChI=1S/C14H22N2O/c1-10-7-16(8-11(10)2)9-12-4-5-14(17-3)13(15)6-12/h4-6,10-11H,7-9,15H2,1-3H3. The summed E-state index contributed by atoms with van der Waals surface area (Å²) in [6.07, 6.45) is 0. The number of likely N-dealkylation sites (tertiary alicyclic amines) is 1. The summed E-state index contributed by atoms with van der Waals surface area (Å²) >= 11 is 0. The third-order valence-electron chi connectivity index (χ3n) is 3.76. The Bertz CT molecular complexity index is 382. The van der Waals surface area contributed by atoms with Crippen LogP contribution in [0.15, 0.2) is 18.2 Å². The third-order valence-corrected chi connectivity index (χ3v) is 3.76. The van der Waals surface area contributed by atoms with Gasteiger partial charge in [-0.3, -0.25) is 4.90 Å². The summed E-state index contributed by atoms with van der Waals surface area (Å²) in [5, 5.41) is 0. The molecule has 0 spiro atoms. The van der Waals surface area contributed by atoms with E-state index in [9.17, 15) is 0 Å². The van der Waals surface area contributed by atoms with Crippen molar-refractivity contribution in [3.8, 4) is 5.75 Å². The van der Waals surface area contributed by atoms with Crippen LogP contribution in [0.1, 0.15) is 19.4 Å². The maximum Gasteiger partial charge on any atom is 0.141 e. The van der Waals surface area contributed by atoms with Crippen molar-refractivity contribution in [2.24, 2.45) is 11.8 Å². The second kappa shape index (κ2) is 4.96. The number of anilines is 1. The van der Waals surface area contributed by atoms with Gasteiger partial charge in [0, 0.05) is 19.6 Å². The van der Waals surface area contributed by atoms with E-state index >= 15 is 0 Å². The quantitative estimate of drug-likeness (QED) is 0.816. The fourth-order valence-corrected chi connectivity index (χ4v) is 2.52. The van der Waals surface area contributed by atoms with Gasteiger partial charge < -0.3 is 10.5 Å². The summed E-state index contributed by atoms with van der Waals surface area (Å²) in [6.45, 7) is 8.02. The van der Waals surface area contributed by atoms with Gasteiger partial charge in [0.05, 0.1) is 12.8 Å². The predicted molar refractivity (Wildman–Crippen MR) is 71.0 cm³/mol. The number of nitrogens with two attached hydrogens (primary N) is 1. The normalized spacial score (nSPS) is 25.1. The molecule has 0 saturated carbocycles. The van der Waals surface area contributed by atoms with Crippen LogP contribution < -0.4 is 10.5 Å². The lowest BCUT2D eigenvalue weighted by Crippen LogP contribution is -2.20. The van der Waals surface area contributed by atoms with Crippen LogP contribution in [-0.2, 0) is 6.54 Å². The Hall–Kier alpha value is -1.22. The molecule has 3 nitrogen and oxygen atoms in total. The molecule has 94 valence electrons. The summed E-state index contributed by atoms with van der Waals surface area (Å²) < 4.78 is 5.17. The molecule has 2 atom stereocenters. The molecule has 1 aliphatic rings. The fourth-order valence-electron chi connectivity index (χ4n) is 2.52. The van der Waals surface area contributed by atoms with E-state index in [1.165, 1.54) is 18.7 Å². The van der Waals surface area contributed by atoms with Crippen molar-refractivity contribution >= 4 is 5.69 Å². The summed E-state index contributed by atoms with van der Waals surface area (Å²) in [6, 6.07) is 6.07. The van der Waals surface area contributed by atoms with Crippen molar-refractivity contribution in [3.63, 3.8) is 0 Å². The van der Waals surface area contributed by atoms with Gasteiger partial charge in [-0.1, -0.05) is 19.9 Å². The van der Waals surface area contributed by atoms with Gasteiger partial charge in [0.2, 0.25) is 0 Å². The SMILES string of the molecule is COc1ccc(CN2CC(C)C(C)C2)cc1N. The lowest BCUT2D eigenvalue weighted by atomic mass is 10.0. The van der Waals surface area contributed by atoms with E-state index in [4.69, 9.17) is 10.5 Å². The highest BCUT2D eigenvalue weighted by molar-refractivity contribution is 5.54. The number of nitrogens with zero attached hydrogens (tertiary/aromatic N) is 1. The monoisotopic (exact) mass is 234 g/mol. The summed E-state index contributed by atoms with van der Waals surface area (Å²) in [5.41, 5.74) is 7.91. The fraction of sp³-hybridized carbons (Fsp3) is 0.571. The molecular formula is C14H22N2O. The summed E-state index contributed by atoms with van der Waals surface area (Å²) in [4.78, 5) is 2.50. The minimum Gasteiger partial charge on any atom is -0.495 e. The molecule has 1 aromatic carbocycles. The van der Waals surface area contributed by atoms with Crippen LogP contribution in [0.5, 0.6) is 5.75 Å². The van der Waals surface area contributed by atoms with E-state index in [2.05, 4.69) is 24.8 Å². The van der Waals surface area contributed by atoms with Crippen LogP contribution in [0.2, 0.25) is 0 Å². The van der Waals surface area contributed by atoms with Crippen molar-refractivity contribution in [3.05, 3.63) is 23.8 Å². The van der Waals surface area contributed by atoms with Crippen LogP contribution >= 0.6 is 0 Å². The Labute approximate surface area is 104 Å². The molecule has 0 aliphatic carbocycles. The second-order valence-electron chi connectivity index (χ2n) is 5.22. The molecular weight excluding hydrogens is 212 g/mol. The first-order valence-electron chi connectivity index (χ1n) is 6.25. The van der Waals surface area contributed by atoms with E-state index in [0.717, 1.165) is 29.8 Å². The molecule has 0 aromatic heterocycles.